The van der Waals surface area contributed by atoms with Crippen LogP contribution in [0.1, 0.15) is 26.5 Å². The third-order valence-electron chi connectivity index (χ3n) is 3.52. The number of aromatic nitrogens is 1. The molecule has 3 nitrogen and oxygen atoms in total. The molecule has 0 saturated carbocycles. The lowest BCUT2D eigenvalue weighted by atomic mass is 10.1. The van der Waals surface area contributed by atoms with Crippen LogP contribution in [-0.2, 0) is 0 Å². The number of hydrogen-bond acceptors (Lipinski definition) is 3. The monoisotopic (exact) mass is 296 g/mol. The van der Waals surface area contributed by atoms with Crippen molar-refractivity contribution in [2.45, 2.75) is 20.8 Å². The molecule has 0 bridgehead atoms. The van der Waals surface area contributed by atoms with E-state index in [-0.39, 0.29) is 5.91 Å². The summed E-state index contributed by atoms with van der Waals surface area (Å²) in [5.74, 6) is -0.0915. The van der Waals surface area contributed by atoms with E-state index in [0.717, 1.165) is 20.9 Å². The molecule has 1 aromatic heterocycles. The Morgan fingerprint density at radius 2 is 1.86 bits per heavy atom. The molecule has 0 aliphatic carbocycles. The van der Waals surface area contributed by atoms with Gasteiger partial charge >= 0.3 is 0 Å². The Labute approximate surface area is 127 Å². The quantitative estimate of drug-likeness (QED) is 0.758. The van der Waals surface area contributed by atoms with E-state index in [1.54, 1.807) is 11.3 Å². The van der Waals surface area contributed by atoms with Crippen LogP contribution in [0, 0.1) is 20.8 Å². The summed E-state index contributed by atoms with van der Waals surface area (Å²) in [7, 11) is 0. The Bertz CT molecular complexity index is 836. The molecule has 1 N–H and O–H groups in total. The summed E-state index contributed by atoms with van der Waals surface area (Å²) < 4.78 is 1.04. The minimum absolute atomic E-state index is 0.0915. The van der Waals surface area contributed by atoms with Crippen LogP contribution in [0.4, 0.5) is 5.69 Å². The second-order valence-corrected chi connectivity index (χ2v) is 6.40. The van der Waals surface area contributed by atoms with Crippen molar-refractivity contribution < 1.29 is 4.79 Å². The molecule has 3 aromatic rings. The van der Waals surface area contributed by atoms with Crippen molar-refractivity contribution in [2.75, 3.05) is 5.32 Å². The van der Waals surface area contributed by atoms with Gasteiger partial charge in [-0.1, -0.05) is 6.07 Å². The number of carbonyl (C=O) groups excluding carboxylic acids is 1. The summed E-state index contributed by atoms with van der Waals surface area (Å²) in [6, 6.07) is 11.5. The normalized spacial score (nSPS) is 10.8. The number of fused-ring (bicyclic) bond motifs is 1. The highest BCUT2D eigenvalue weighted by molar-refractivity contribution is 7.18. The maximum atomic E-state index is 12.3. The Balaban J connectivity index is 1.87. The minimum atomic E-state index is -0.0915. The number of nitrogens with one attached hydrogen (secondary N) is 1. The summed E-state index contributed by atoms with van der Waals surface area (Å²) in [4.78, 5) is 16.7. The molecule has 0 fully saturated rings. The van der Waals surface area contributed by atoms with E-state index in [1.165, 1.54) is 11.1 Å². The Morgan fingerprint density at radius 1 is 1.05 bits per heavy atom. The van der Waals surface area contributed by atoms with E-state index in [4.69, 9.17) is 0 Å². The van der Waals surface area contributed by atoms with Gasteiger partial charge in [-0.3, -0.25) is 4.79 Å². The van der Waals surface area contributed by atoms with Crippen LogP contribution in [0.25, 0.3) is 10.2 Å². The van der Waals surface area contributed by atoms with Gasteiger partial charge in [0.1, 0.15) is 0 Å². The van der Waals surface area contributed by atoms with Gasteiger partial charge in [-0.05, 0) is 62.2 Å². The van der Waals surface area contributed by atoms with Crippen LogP contribution in [0.2, 0.25) is 0 Å². The molecule has 1 amide bonds. The molecule has 0 unspecified atom stereocenters. The third-order valence-corrected chi connectivity index (χ3v) is 4.46. The number of thiazole rings is 1. The van der Waals surface area contributed by atoms with Crippen molar-refractivity contribution in [3.8, 4) is 0 Å². The number of rotatable bonds is 2. The Hall–Kier alpha value is -2.20. The molecule has 0 saturated heterocycles. The number of benzene rings is 2. The number of anilines is 1. The number of carbonyl (C=O) groups is 1. The highest BCUT2D eigenvalue weighted by Crippen LogP contribution is 2.23. The smallest absolute Gasteiger partial charge is 0.255 e. The number of nitrogens with zero attached hydrogens (tertiary/aromatic N) is 1. The Morgan fingerprint density at radius 3 is 2.62 bits per heavy atom. The maximum absolute atomic E-state index is 12.3. The second-order valence-electron chi connectivity index (χ2n) is 5.17. The van der Waals surface area contributed by atoms with Gasteiger partial charge in [-0.25, -0.2) is 4.98 Å². The van der Waals surface area contributed by atoms with Crippen LogP contribution in [-0.4, -0.2) is 10.9 Å². The lowest BCUT2D eigenvalue weighted by Crippen LogP contribution is -2.11. The van der Waals surface area contributed by atoms with Gasteiger partial charge in [-0.15, -0.1) is 11.3 Å². The standard InChI is InChI=1S/C17H16N2OS/c1-10-4-6-14(8-11(10)2)19-17(20)13-5-7-15-16(9-13)21-12(3)18-15/h4-9H,1-3H3,(H,19,20). The molecule has 2 aromatic carbocycles. The first kappa shape index (κ1) is 13.8. The average molecular weight is 296 g/mol. The predicted molar refractivity (Wildman–Crippen MR) is 88.2 cm³/mol. The van der Waals surface area contributed by atoms with Crippen molar-refractivity contribution in [3.63, 3.8) is 0 Å². The van der Waals surface area contributed by atoms with Crippen molar-refractivity contribution >= 4 is 33.1 Å². The molecule has 1 heterocycles. The zero-order valence-electron chi connectivity index (χ0n) is 12.2. The van der Waals surface area contributed by atoms with Gasteiger partial charge in [0.2, 0.25) is 0 Å². The van der Waals surface area contributed by atoms with Gasteiger partial charge < -0.3 is 5.32 Å². The lowest BCUT2D eigenvalue weighted by Gasteiger charge is -2.07. The highest BCUT2D eigenvalue weighted by atomic mass is 32.1. The molecule has 0 atom stereocenters. The zero-order valence-corrected chi connectivity index (χ0v) is 13.0. The molecule has 0 aliphatic rings. The topological polar surface area (TPSA) is 42.0 Å². The van der Waals surface area contributed by atoms with Crippen molar-refractivity contribution in [1.82, 2.24) is 4.98 Å². The average Bonchev–Trinajstić information content (AvgIpc) is 2.82. The fourth-order valence-electron chi connectivity index (χ4n) is 2.20. The number of aryl methyl sites for hydroxylation is 3. The fraction of sp³-hybridized carbons (Fsp3) is 0.176. The molecule has 0 aliphatic heterocycles. The van der Waals surface area contributed by atoms with Crippen molar-refractivity contribution in [1.29, 1.82) is 0 Å². The van der Waals surface area contributed by atoms with Crippen LogP contribution >= 0.6 is 11.3 Å². The van der Waals surface area contributed by atoms with Crippen molar-refractivity contribution in [3.05, 3.63) is 58.1 Å². The van der Waals surface area contributed by atoms with Crippen LogP contribution < -0.4 is 5.32 Å². The van der Waals surface area contributed by atoms with E-state index in [2.05, 4.69) is 17.2 Å². The van der Waals surface area contributed by atoms with Gasteiger partial charge in [-0.2, -0.15) is 0 Å². The van der Waals surface area contributed by atoms with E-state index in [9.17, 15) is 4.79 Å². The fourth-order valence-corrected chi connectivity index (χ4v) is 3.07. The molecule has 3 rings (SSSR count). The molecule has 0 spiro atoms. The molecular weight excluding hydrogens is 280 g/mol. The second kappa shape index (κ2) is 5.30. The highest BCUT2D eigenvalue weighted by Gasteiger charge is 2.09. The van der Waals surface area contributed by atoms with Crippen molar-refractivity contribution in [2.24, 2.45) is 0 Å². The predicted octanol–water partition coefficient (Wildman–Crippen LogP) is 4.47. The van der Waals surface area contributed by atoms with Gasteiger partial charge in [0, 0.05) is 11.3 Å². The number of amides is 1. The first-order chi connectivity index (χ1) is 10.0. The van der Waals surface area contributed by atoms with Crippen LogP contribution in [0.5, 0.6) is 0 Å². The first-order valence-electron chi connectivity index (χ1n) is 6.79. The third kappa shape index (κ3) is 2.81. The van der Waals surface area contributed by atoms with E-state index < -0.39 is 0 Å². The zero-order chi connectivity index (χ0) is 15.0. The lowest BCUT2D eigenvalue weighted by molar-refractivity contribution is 0.102. The number of hydrogen-bond donors (Lipinski definition) is 1. The summed E-state index contributed by atoms with van der Waals surface area (Å²) in [5, 5.41) is 3.95. The minimum Gasteiger partial charge on any atom is -0.322 e. The summed E-state index contributed by atoms with van der Waals surface area (Å²) in [6.07, 6.45) is 0. The molecule has 21 heavy (non-hydrogen) atoms. The Kier molecular flexibility index (Phi) is 3.47. The summed E-state index contributed by atoms with van der Waals surface area (Å²) in [5.41, 5.74) is 4.81. The molecular formula is C17H16N2OS. The van der Waals surface area contributed by atoms with E-state index in [1.807, 2.05) is 50.2 Å². The van der Waals surface area contributed by atoms with E-state index in [0.29, 0.717) is 5.56 Å². The molecule has 106 valence electrons. The summed E-state index contributed by atoms with van der Waals surface area (Å²) >= 11 is 1.60. The first-order valence-corrected chi connectivity index (χ1v) is 7.60. The van der Waals surface area contributed by atoms with Gasteiger partial charge in [0.05, 0.1) is 15.2 Å². The van der Waals surface area contributed by atoms with Crippen LogP contribution in [0.3, 0.4) is 0 Å². The SMILES string of the molecule is Cc1nc2ccc(C(=O)Nc3ccc(C)c(C)c3)cc2s1. The summed E-state index contributed by atoms with van der Waals surface area (Å²) in [6.45, 7) is 6.07. The van der Waals surface area contributed by atoms with Crippen LogP contribution in [0.15, 0.2) is 36.4 Å². The largest absolute Gasteiger partial charge is 0.322 e. The van der Waals surface area contributed by atoms with Gasteiger partial charge in [0.15, 0.2) is 0 Å². The maximum Gasteiger partial charge on any atom is 0.255 e. The molecule has 4 heteroatoms. The van der Waals surface area contributed by atoms with E-state index >= 15 is 0 Å². The van der Waals surface area contributed by atoms with Gasteiger partial charge in [0.25, 0.3) is 5.91 Å². The molecule has 0 radical (unpaired) electrons.